The lowest BCUT2D eigenvalue weighted by molar-refractivity contribution is -0.184. The number of ether oxygens (including phenoxy) is 2. The summed E-state index contributed by atoms with van der Waals surface area (Å²) in [5, 5.41) is 13.6. The summed E-state index contributed by atoms with van der Waals surface area (Å²) in [7, 11) is -2.63. The summed E-state index contributed by atoms with van der Waals surface area (Å²) in [5.74, 6) is -0.634. The van der Waals surface area contributed by atoms with E-state index >= 15 is 0 Å². The van der Waals surface area contributed by atoms with Crippen molar-refractivity contribution in [1.29, 1.82) is 0 Å². The average molecular weight is 482 g/mol. The van der Waals surface area contributed by atoms with Crippen LogP contribution in [-0.2, 0) is 33.6 Å². The molecule has 178 valence electrons. The van der Waals surface area contributed by atoms with Gasteiger partial charge < -0.3 is 14.6 Å². The van der Waals surface area contributed by atoms with Crippen molar-refractivity contribution in [3.63, 3.8) is 0 Å². The number of rotatable bonds is 7. The summed E-state index contributed by atoms with van der Waals surface area (Å²) in [4.78, 5) is 25.6. The minimum Gasteiger partial charge on any atom is -0.465 e. The van der Waals surface area contributed by atoms with Gasteiger partial charge in [-0.3, -0.25) is 28.2 Å². The zero-order valence-electron chi connectivity index (χ0n) is 18.6. The molecule has 2 rings (SSSR count). The van der Waals surface area contributed by atoms with E-state index in [-0.39, 0.29) is 18.0 Å². The molecule has 1 fully saturated rings. The van der Waals surface area contributed by atoms with Crippen LogP contribution in [0.5, 0.6) is 0 Å². The van der Waals surface area contributed by atoms with Crippen molar-refractivity contribution in [3.05, 3.63) is 27.4 Å². The van der Waals surface area contributed by atoms with Crippen LogP contribution >= 0.6 is 20.0 Å². The second kappa shape index (κ2) is 12.0. The van der Waals surface area contributed by atoms with Crippen LogP contribution in [0.15, 0.2) is 17.1 Å². The lowest BCUT2D eigenvalue weighted by atomic mass is 10.0. The van der Waals surface area contributed by atoms with E-state index in [9.17, 15) is 19.3 Å². The van der Waals surface area contributed by atoms with Crippen molar-refractivity contribution in [1.82, 2.24) is 14.6 Å². The van der Waals surface area contributed by atoms with Crippen LogP contribution in [0.25, 0.3) is 0 Å². The van der Waals surface area contributed by atoms with Gasteiger partial charge in [0.2, 0.25) is 0 Å². The van der Waals surface area contributed by atoms with E-state index in [2.05, 4.69) is 23.9 Å². The number of hydrogen-bond acceptors (Lipinski definition) is 9. The first kappa shape index (κ1) is 27.6. The maximum absolute atomic E-state index is 13.0. The fourth-order valence-corrected chi connectivity index (χ4v) is 4.79. The fraction of sp³-hybridized carbons (Fsp3) is 0.722. The van der Waals surface area contributed by atoms with E-state index in [1.807, 2.05) is 0 Å². The molecule has 13 heteroatoms. The number of esters is 1. The third-order valence-corrected chi connectivity index (χ3v) is 6.14. The van der Waals surface area contributed by atoms with Gasteiger partial charge >= 0.3 is 13.7 Å². The first-order valence-electron chi connectivity index (χ1n) is 9.90. The molecule has 1 aromatic heterocycles. The highest BCUT2D eigenvalue weighted by molar-refractivity contribution is 7.71. The zero-order chi connectivity index (χ0) is 23.8. The Hall–Kier alpha value is -1.40. The Morgan fingerprint density at radius 2 is 2.13 bits per heavy atom. The van der Waals surface area contributed by atoms with E-state index in [4.69, 9.17) is 30.7 Å². The zero-order valence-corrected chi connectivity index (χ0v) is 20.3. The standard InChI is InChI=1S/C15H24N3O8PS.C3H8/c1-5-24-13(20)9(2)17-27(22)25-8-10(23-4)12(26-27)15(3,21)18-7-6-11(19)16-14(18)28;1-3-2/h6-7,9-10,12,21H,5,8H2,1-4H3,(H,17,22)(H,16,19,28);3H2,1-2H3. The van der Waals surface area contributed by atoms with Gasteiger partial charge in [-0.05, 0) is 33.0 Å². The molecule has 3 N–H and O–H groups in total. The quantitative estimate of drug-likeness (QED) is 0.301. The Morgan fingerprint density at radius 1 is 1.52 bits per heavy atom. The lowest BCUT2D eigenvalue weighted by Crippen LogP contribution is -2.55. The predicted octanol–water partition coefficient (Wildman–Crippen LogP) is 2.07. The van der Waals surface area contributed by atoms with E-state index in [0.717, 1.165) is 0 Å². The molecule has 0 bridgehead atoms. The van der Waals surface area contributed by atoms with Crippen molar-refractivity contribution in [2.24, 2.45) is 0 Å². The summed E-state index contributed by atoms with van der Waals surface area (Å²) in [6, 6.07) is 0.192. The van der Waals surface area contributed by atoms with Crippen LogP contribution < -0.4 is 10.6 Å². The second-order valence-electron chi connectivity index (χ2n) is 6.98. The molecule has 1 aliphatic rings. The van der Waals surface area contributed by atoms with Gasteiger partial charge in [0.25, 0.3) is 5.56 Å². The number of aromatic amines is 1. The molecule has 0 saturated carbocycles. The highest BCUT2D eigenvalue weighted by atomic mass is 32.1. The number of nitrogens with one attached hydrogen (secondary N) is 2. The summed E-state index contributed by atoms with van der Waals surface area (Å²) < 4.78 is 35.1. The molecule has 31 heavy (non-hydrogen) atoms. The third-order valence-electron chi connectivity index (χ3n) is 4.14. The lowest BCUT2D eigenvalue weighted by Gasteiger charge is -2.43. The minimum atomic E-state index is -4.01. The molecule has 5 atom stereocenters. The highest BCUT2D eigenvalue weighted by Crippen LogP contribution is 2.52. The van der Waals surface area contributed by atoms with Gasteiger partial charge in [0, 0.05) is 19.4 Å². The van der Waals surface area contributed by atoms with Crippen LogP contribution in [0, 0.1) is 4.77 Å². The molecule has 5 unspecified atom stereocenters. The molecule has 11 nitrogen and oxygen atoms in total. The van der Waals surface area contributed by atoms with Crippen LogP contribution in [0.3, 0.4) is 0 Å². The Balaban J connectivity index is 0.00000151. The molecule has 2 heterocycles. The van der Waals surface area contributed by atoms with E-state index in [1.165, 1.54) is 44.2 Å². The maximum atomic E-state index is 13.0. The number of methoxy groups -OCH3 is 1. The van der Waals surface area contributed by atoms with E-state index in [1.54, 1.807) is 6.92 Å². The monoisotopic (exact) mass is 481 g/mol. The molecule has 1 saturated heterocycles. The normalized spacial score (nSPS) is 26.2. The van der Waals surface area contributed by atoms with Gasteiger partial charge in [-0.2, -0.15) is 0 Å². The highest BCUT2D eigenvalue weighted by Gasteiger charge is 2.50. The smallest absolute Gasteiger partial charge is 0.406 e. The van der Waals surface area contributed by atoms with Gasteiger partial charge in [-0.25, -0.2) is 9.65 Å². The first-order valence-corrected chi connectivity index (χ1v) is 11.9. The largest absolute Gasteiger partial charge is 0.465 e. The number of carbonyl (C=O) groups is 1. The summed E-state index contributed by atoms with van der Waals surface area (Å²) in [6.07, 6.45) is 0.508. The van der Waals surface area contributed by atoms with Crippen molar-refractivity contribution in [3.8, 4) is 0 Å². The van der Waals surface area contributed by atoms with Crippen LogP contribution in [0.1, 0.15) is 41.0 Å². The SMILES string of the molecule is CCC.CCOC(=O)C(C)NP1(=O)OCC(OC)C(C(C)(O)n2ccc(=O)[nH]c2=S)O1. The minimum absolute atomic E-state index is 0.0647. The first-order chi connectivity index (χ1) is 14.5. The molecule has 0 radical (unpaired) electrons. The Bertz CT molecular complexity index is 887. The van der Waals surface area contributed by atoms with Crippen LogP contribution in [0.4, 0.5) is 0 Å². The molecular formula is C18H32N3O8PS. The second-order valence-corrected chi connectivity index (χ2v) is 9.09. The molecule has 0 spiro atoms. The molecule has 1 aliphatic heterocycles. The molecule has 0 aliphatic carbocycles. The molecule has 1 aromatic rings. The Morgan fingerprint density at radius 3 is 2.65 bits per heavy atom. The number of nitrogens with zero attached hydrogens (tertiary/aromatic N) is 1. The number of hydrogen-bond donors (Lipinski definition) is 3. The van der Waals surface area contributed by atoms with E-state index < -0.39 is 43.2 Å². The van der Waals surface area contributed by atoms with Crippen molar-refractivity contribution >= 4 is 25.9 Å². The predicted molar refractivity (Wildman–Crippen MR) is 116 cm³/mol. The van der Waals surface area contributed by atoms with Crippen molar-refractivity contribution in [2.45, 2.75) is 65.0 Å². The van der Waals surface area contributed by atoms with E-state index in [0.29, 0.717) is 0 Å². The van der Waals surface area contributed by atoms with Crippen LogP contribution in [0.2, 0.25) is 0 Å². The maximum Gasteiger partial charge on any atom is 0.406 e. The number of H-pyrrole nitrogens is 1. The summed E-state index contributed by atoms with van der Waals surface area (Å²) >= 11 is 5.10. The summed E-state index contributed by atoms with van der Waals surface area (Å²) in [6.45, 7) is 8.67. The van der Waals surface area contributed by atoms with Gasteiger partial charge in [0.15, 0.2) is 10.5 Å². The topological polar surface area (TPSA) is 141 Å². The van der Waals surface area contributed by atoms with Gasteiger partial charge in [-0.1, -0.05) is 20.3 Å². The molecule has 0 amide bonds. The molecule has 0 aromatic carbocycles. The summed E-state index contributed by atoms with van der Waals surface area (Å²) in [5.41, 5.74) is -2.31. The van der Waals surface area contributed by atoms with Crippen molar-refractivity contribution in [2.75, 3.05) is 20.3 Å². The Kier molecular flexibility index (Phi) is 10.7. The Labute approximate surface area is 186 Å². The third kappa shape index (κ3) is 7.31. The fourth-order valence-electron chi connectivity index (χ4n) is 2.69. The molecular weight excluding hydrogens is 449 g/mol. The van der Waals surface area contributed by atoms with Crippen LogP contribution in [-0.4, -0.2) is 59.2 Å². The number of aliphatic hydroxyl groups is 1. The number of carbonyl (C=O) groups excluding carboxylic acids is 1. The average Bonchev–Trinajstić information content (AvgIpc) is 2.68. The van der Waals surface area contributed by atoms with Gasteiger partial charge in [0.05, 0.1) is 13.2 Å². The van der Waals surface area contributed by atoms with Crippen molar-refractivity contribution < 1.29 is 33.0 Å². The number of aromatic nitrogens is 2. The van der Waals surface area contributed by atoms with Gasteiger partial charge in [-0.15, -0.1) is 0 Å². The van der Waals surface area contributed by atoms with Gasteiger partial charge in [0.1, 0.15) is 18.2 Å².